The van der Waals surface area contributed by atoms with Gasteiger partial charge in [0, 0.05) is 22.4 Å². The number of carbonyl (C=O) groups is 2. The van der Waals surface area contributed by atoms with Crippen LogP contribution in [0.25, 0.3) is 0 Å². The average Bonchev–Trinajstić information content (AvgIpc) is 3.47. The van der Waals surface area contributed by atoms with Crippen molar-refractivity contribution in [2.45, 2.75) is 31.1 Å². The average molecular weight is 433 g/mol. The van der Waals surface area contributed by atoms with Crippen LogP contribution < -0.4 is 24.8 Å². The minimum atomic E-state index is -0.391. The Labute approximate surface area is 180 Å². The number of amides is 2. The third-order valence-corrected chi connectivity index (χ3v) is 6.68. The SMILES string of the molecule is COc1cc(C(=O)NCC(=O)NCC2(c3cccs3)CCCC2)cc(OC)c1OC. The molecule has 30 heavy (non-hydrogen) atoms. The molecule has 0 radical (unpaired) electrons. The Hall–Kier alpha value is -2.74. The summed E-state index contributed by atoms with van der Waals surface area (Å²) >= 11 is 1.74. The zero-order valence-electron chi connectivity index (χ0n) is 17.6. The Morgan fingerprint density at radius 1 is 1.03 bits per heavy atom. The summed E-state index contributed by atoms with van der Waals surface area (Å²) in [4.78, 5) is 26.3. The number of methoxy groups -OCH3 is 3. The maximum Gasteiger partial charge on any atom is 0.251 e. The summed E-state index contributed by atoms with van der Waals surface area (Å²) in [7, 11) is 4.47. The molecule has 0 unspecified atom stereocenters. The van der Waals surface area contributed by atoms with E-state index in [9.17, 15) is 9.59 Å². The van der Waals surface area contributed by atoms with Gasteiger partial charge < -0.3 is 24.8 Å². The van der Waals surface area contributed by atoms with Crippen LogP contribution >= 0.6 is 11.3 Å². The number of hydrogen-bond donors (Lipinski definition) is 2. The van der Waals surface area contributed by atoms with Crippen molar-refractivity contribution in [1.29, 1.82) is 0 Å². The number of rotatable bonds is 9. The zero-order valence-corrected chi connectivity index (χ0v) is 18.4. The summed E-state index contributed by atoms with van der Waals surface area (Å²) in [5, 5.41) is 7.75. The normalized spacial score (nSPS) is 14.8. The van der Waals surface area contributed by atoms with Crippen molar-refractivity contribution in [3.8, 4) is 17.2 Å². The van der Waals surface area contributed by atoms with E-state index in [1.807, 2.05) is 0 Å². The summed E-state index contributed by atoms with van der Waals surface area (Å²) in [6, 6.07) is 7.31. The van der Waals surface area contributed by atoms with Crippen LogP contribution in [0.15, 0.2) is 29.6 Å². The van der Waals surface area contributed by atoms with Gasteiger partial charge >= 0.3 is 0 Å². The summed E-state index contributed by atoms with van der Waals surface area (Å²) in [5.41, 5.74) is 0.341. The maximum absolute atomic E-state index is 12.6. The van der Waals surface area contributed by atoms with Gasteiger partial charge in [-0.3, -0.25) is 9.59 Å². The van der Waals surface area contributed by atoms with Crippen molar-refractivity contribution in [1.82, 2.24) is 10.6 Å². The topological polar surface area (TPSA) is 85.9 Å². The molecule has 0 spiro atoms. The Morgan fingerprint density at radius 3 is 2.23 bits per heavy atom. The Bertz CT molecular complexity index is 851. The molecule has 1 aliphatic carbocycles. The van der Waals surface area contributed by atoms with Gasteiger partial charge in [0.05, 0.1) is 27.9 Å². The first-order valence-electron chi connectivity index (χ1n) is 9.92. The highest BCUT2D eigenvalue weighted by Gasteiger charge is 2.36. The fourth-order valence-corrected chi connectivity index (χ4v) is 4.93. The van der Waals surface area contributed by atoms with Crippen LogP contribution in [-0.2, 0) is 10.2 Å². The molecule has 0 atom stereocenters. The van der Waals surface area contributed by atoms with Gasteiger partial charge in [0.15, 0.2) is 11.5 Å². The molecule has 0 aliphatic heterocycles. The predicted octanol–water partition coefficient (Wildman–Crippen LogP) is 3.13. The highest BCUT2D eigenvalue weighted by atomic mass is 32.1. The number of thiophene rings is 1. The molecule has 0 bridgehead atoms. The molecule has 8 heteroatoms. The van der Waals surface area contributed by atoms with E-state index in [4.69, 9.17) is 14.2 Å². The van der Waals surface area contributed by atoms with Gasteiger partial charge in [-0.25, -0.2) is 0 Å². The van der Waals surface area contributed by atoms with Crippen LogP contribution in [0.1, 0.15) is 40.9 Å². The first-order valence-corrected chi connectivity index (χ1v) is 10.8. The molecule has 0 saturated heterocycles. The number of hydrogen-bond acceptors (Lipinski definition) is 6. The van der Waals surface area contributed by atoms with E-state index in [0.717, 1.165) is 12.8 Å². The minimum absolute atomic E-state index is 0.0184. The van der Waals surface area contributed by atoms with Gasteiger partial charge in [-0.2, -0.15) is 0 Å². The van der Waals surface area contributed by atoms with Crippen molar-refractivity contribution >= 4 is 23.2 Å². The van der Waals surface area contributed by atoms with E-state index >= 15 is 0 Å². The minimum Gasteiger partial charge on any atom is -0.493 e. The van der Waals surface area contributed by atoms with Crippen molar-refractivity contribution in [3.63, 3.8) is 0 Å². The second-order valence-corrected chi connectivity index (χ2v) is 8.29. The Kier molecular flexibility index (Phi) is 7.20. The molecule has 7 nitrogen and oxygen atoms in total. The first-order chi connectivity index (χ1) is 14.5. The molecule has 1 fully saturated rings. The third kappa shape index (κ3) is 4.70. The van der Waals surface area contributed by atoms with E-state index in [2.05, 4.69) is 28.1 Å². The fourth-order valence-electron chi connectivity index (χ4n) is 3.95. The van der Waals surface area contributed by atoms with Gasteiger partial charge in [0.1, 0.15) is 0 Å². The number of carbonyl (C=O) groups excluding carboxylic acids is 2. The fraction of sp³-hybridized carbons (Fsp3) is 0.455. The number of nitrogens with one attached hydrogen (secondary N) is 2. The van der Waals surface area contributed by atoms with Crippen LogP contribution in [0.3, 0.4) is 0 Å². The van der Waals surface area contributed by atoms with Gasteiger partial charge in [-0.1, -0.05) is 18.9 Å². The largest absolute Gasteiger partial charge is 0.493 e. The summed E-state index contributed by atoms with van der Waals surface area (Å²) in [6.07, 6.45) is 4.49. The van der Waals surface area contributed by atoms with Gasteiger partial charge in [-0.15, -0.1) is 11.3 Å². The highest BCUT2D eigenvalue weighted by molar-refractivity contribution is 7.10. The van der Waals surface area contributed by atoms with Gasteiger partial charge in [0.2, 0.25) is 11.7 Å². The van der Waals surface area contributed by atoms with Crippen molar-refractivity contribution in [2.75, 3.05) is 34.4 Å². The lowest BCUT2D eigenvalue weighted by Crippen LogP contribution is -2.43. The summed E-state index contributed by atoms with van der Waals surface area (Å²) in [6.45, 7) is 0.489. The third-order valence-electron chi connectivity index (χ3n) is 5.56. The molecule has 1 heterocycles. The van der Waals surface area contributed by atoms with Crippen LogP contribution in [-0.4, -0.2) is 46.2 Å². The molecule has 2 amide bonds. The lowest BCUT2D eigenvalue weighted by Gasteiger charge is -2.28. The smallest absolute Gasteiger partial charge is 0.251 e. The zero-order chi connectivity index (χ0) is 21.6. The van der Waals surface area contributed by atoms with E-state index in [1.54, 1.807) is 23.5 Å². The standard InChI is InChI=1S/C22H28N2O5S/c1-27-16-11-15(12-17(28-2)20(16)29-3)21(26)23-13-19(25)24-14-22(8-4-5-9-22)18-7-6-10-30-18/h6-7,10-12H,4-5,8-9,13-14H2,1-3H3,(H,23,26)(H,24,25). The molecular formula is C22H28N2O5S. The molecule has 2 N–H and O–H groups in total. The van der Waals surface area contributed by atoms with Gasteiger partial charge in [0.25, 0.3) is 5.91 Å². The summed E-state index contributed by atoms with van der Waals surface area (Å²) < 4.78 is 15.8. The summed E-state index contributed by atoms with van der Waals surface area (Å²) in [5.74, 6) is 0.567. The molecule has 2 aromatic rings. The maximum atomic E-state index is 12.6. The van der Waals surface area contributed by atoms with Crippen LogP contribution in [0.5, 0.6) is 17.2 Å². The van der Waals surface area contributed by atoms with Crippen LogP contribution in [0, 0.1) is 0 Å². The van der Waals surface area contributed by atoms with Crippen LogP contribution in [0.2, 0.25) is 0 Å². The van der Waals surface area contributed by atoms with E-state index in [-0.39, 0.29) is 17.9 Å². The Morgan fingerprint density at radius 2 is 1.70 bits per heavy atom. The molecule has 1 aliphatic rings. The van der Waals surface area contributed by atoms with Gasteiger partial charge in [-0.05, 0) is 36.4 Å². The van der Waals surface area contributed by atoms with E-state index in [0.29, 0.717) is 29.4 Å². The lowest BCUT2D eigenvalue weighted by atomic mass is 9.84. The quantitative estimate of drug-likeness (QED) is 0.636. The molecule has 1 aromatic carbocycles. The monoisotopic (exact) mass is 432 g/mol. The molecule has 3 rings (SSSR count). The van der Waals surface area contributed by atoms with Crippen molar-refractivity contribution in [3.05, 3.63) is 40.1 Å². The van der Waals surface area contributed by atoms with Crippen molar-refractivity contribution in [2.24, 2.45) is 0 Å². The predicted molar refractivity (Wildman–Crippen MR) is 116 cm³/mol. The molecule has 1 aromatic heterocycles. The van der Waals surface area contributed by atoms with Crippen LogP contribution in [0.4, 0.5) is 0 Å². The molecule has 1 saturated carbocycles. The number of benzene rings is 1. The van der Waals surface area contributed by atoms with E-state index in [1.165, 1.54) is 39.0 Å². The second kappa shape index (κ2) is 9.84. The number of ether oxygens (including phenoxy) is 3. The second-order valence-electron chi connectivity index (χ2n) is 7.34. The lowest BCUT2D eigenvalue weighted by molar-refractivity contribution is -0.120. The first kappa shape index (κ1) is 22.0. The molecular weight excluding hydrogens is 404 g/mol. The molecule has 162 valence electrons. The highest BCUT2D eigenvalue weighted by Crippen LogP contribution is 2.42. The van der Waals surface area contributed by atoms with E-state index < -0.39 is 5.91 Å². The Balaban J connectivity index is 1.59. The van der Waals surface area contributed by atoms with Crippen molar-refractivity contribution < 1.29 is 23.8 Å².